The maximum Gasteiger partial charge on any atom is 0.230 e. The van der Waals surface area contributed by atoms with E-state index in [4.69, 9.17) is 4.52 Å². The molecule has 1 aliphatic heterocycles. The molecule has 2 heterocycles. The van der Waals surface area contributed by atoms with E-state index in [0.717, 1.165) is 24.1 Å². The van der Waals surface area contributed by atoms with E-state index in [1.54, 1.807) is 19.0 Å². The summed E-state index contributed by atoms with van der Waals surface area (Å²) in [6.45, 7) is 4.91. The van der Waals surface area contributed by atoms with Crippen LogP contribution in [0.25, 0.3) is 11.3 Å². The van der Waals surface area contributed by atoms with Gasteiger partial charge in [0, 0.05) is 51.2 Å². The average Bonchev–Trinajstić information content (AvgIpc) is 3.15. The number of benzene rings is 1. The molecular weight excluding hydrogens is 354 g/mol. The number of piperidine rings is 1. The molecule has 0 saturated carbocycles. The van der Waals surface area contributed by atoms with Crippen molar-refractivity contribution in [3.05, 3.63) is 42.2 Å². The van der Waals surface area contributed by atoms with Crippen molar-refractivity contribution in [2.75, 3.05) is 27.2 Å². The van der Waals surface area contributed by atoms with Crippen LogP contribution in [0.1, 0.15) is 32.4 Å². The van der Waals surface area contributed by atoms with Gasteiger partial charge in [-0.25, -0.2) is 0 Å². The lowest BCUT2D eigenvalue weighted by Gasteiger charge is -2.43. The number of rotatable bonds is 5. The summed E-state index contributed by atoms with van der Waals surface area (Å²) in [7, 11) is 3.53. The molecular formula is C22H29N3O3. The predicted molar refractivity (Wildman–Crippen MR) is 107 cm³/mol. The lowest BCUT2D eigenvalue weighted by atomic mass is 9.75. The molecule has 0 N–H and O–H groups in total. The highest BCUT2D eigenvalue weighted by molar-refractivity contribution is 5.85. The van der Waals surface area contributed by atoms with Crippen LogP contribution in [0.2, 0.25) is 0 Å². The number of carbonyl (C=O) groups is 2. The number of amides is 2. The zero-order chi connectivity index (χ0) is 20.3. The Hall–Kier alpha value is -2.63. The first-order chi connectivity index (χ1) is 13.3. The van der Waals surface area contributed by atoms with Gasteiger partial charge < -0.3 is 14.3 Å². The molecule has 0 aliphatic carbocycles. The van der Waals surface area contributed by atoms with Crippen molar-refractivity contribution in [1.29, 1.82) is 0 Å². The summed E-state index contributed by atoms with van der Waals surface area (Å²) in [5, 5.41) is 4.19. The fourth-order valence-corrected chi connectivity index (χ4v) is 4.03. The van der Waals surface area contributed by atoms with Gasteiger partial charge in [0.05, 0.1) is 5.41 Å². The molecule has 0 spiro atoms. The Bertz CT molecular complexity index is 829. The summed E-state index contributed by atoms with van der Waals surface area (Å²) in [5.41, 5.74) is 1.06. The fraction of sp³-hybridized carbons (Fsp3) is 0.500. The molecule has 2 amide bonds. The highest BCUT2D eigenvalue weighted by Gasteiger charge is 2.45. The van der Waals surface area contributed by atoms with Gasteiger partial charge in [0.2, 0.25) is 11.8 Å². The Morgan fingerprint density at radius 1 is 1.25 bits per heavy atom. The van der Waals surface area contributed by atoms with Crippen molar-refractivity contribution in [2.24, 2.45) is 11.3 Å². The van der Waals surface area contributed by atoms with E-state index in [0.29, 0.717) is 25.3 Å². The van der Waals surface area contributed by atoms with Gasteiger partial charge in [0.1, 0.15) is 11.5 Å². The Balaban J connectivity index is 1.88. The van der Waals surface area contributed by atoms with Gasteiger partial charge in [0.25, 0.3) is 0 Å². The first-order valence-electron chi connectivity index (χ1n) is 9.84. The normalized spacial score (nSPS) is 19.7. The summed E-state index contributed by atoms with van der Waals surface area (Å²) in [6.07, 6.45) is 1.97. The molecule has 1 aliphatic rings. The molecule has 0 bridgehead atoms. The van der Waals surface area contributed by atoms with Gasteiger partial charge >= 0.3 is 0 Å². The minimum Gasteiger partial charge on any atom is -0.361 e. The first kappa shape index (κ1) is 20.1. The van der Waals surface area contributed by atoms with Gasteiger partial charge in [-0.2, -0.15) is 0 Å². The molecule has 1 saturated heterocycles. The van der Waals surface area contributed by atoms with Crippen LogP contribution in [0.4, 0.5) is 0 Å². The zero-order valence-electron chi connectivity index (χ0n) is 17.1. The third-order valence-corrected chi connectivity index (χ3v) is 5.38. The van der Waals surface area contributed by atoms with Crippen molar-refractivity contribution >= 4 is 11.8 Å². The number of carbonyl (C=O) groups excluding carboxylic acids is 2. The first-order valence-corrected chi connectivity index (χ1v) is 9.84. The molecule has 1 fully saturated rings. The lowest BCUT2D eigenvalue weighted by molar-refractivity contribution is -0.148. The highest BCUT2D eigenvalue weighted by atomic mass is 16.5. The van der Waals surface area contributed by atoms with Crippen LogP contribution in [0, 0.1) is 11.3 Å². The Morgan fingerprint density at radius 2 is 1.96 bits per heavy atom. The van der Waals surface area contributed by atoms with Gasteiger partial charge in [-0.15, -0.1) is 0 Å². The number of likely N-dealkylation sites (tertiary alicyclic amines) is 1. The van der Waals surface area contributed by atoms with Crippen LogP contribution in [-0.4, -0.2) is 54.0 Å². The maximum atomic E-state index is 13.2. The van der Waals surface area contributed by atoms with Crippen molar-refractivity contribution in [1.82, 2.24) is 15.0 Å². The SMILES string of the molecule is CC(C)C(=O)N1CCCC(Cc2cc(-c3ccccc3)no2)(C(=O)N(C)C)C1. The third-order valence-electron chi connectivity index (χ3n) is 5.38. The molecule has 1 aromatic heterocycles. The van der Waals surface area contributed by atoms with Gasteiger partial charge in [-0.3, -0.25) is 9.59 Å². The Labute approximate surface area is 166 Å². The second kappa shape index (κ2) is 8.17. The molecule has 1 atom stereocenters. The van der Waals surface area contributed by atoms with Crippen LogP contribution < -0.4 is 0 Å². The van der Waals surface area contributed by atoms with Crippen LogP contribution in [-0.2, 0) is 16.0 Å². The number of aromatic nitrogens is 1. The smallest absolute Gasteiger partial charge is 0.230 e. The molecule has 6 heteroatoms. The molecule has 0 radical (unpaired) electrons. The quantitative estimate of drug-likeness (QED) is 0.795. The second-order valence-corrected chi connectivity index (χ2v) is 8.22. The van der Waals surface area contributed by atoms with Crippen molar-refractivity contribution in [3.63, 3.8) is 0 Å². The predicted octanol–water partition coefficient (Wildman–Crippen LogP) is 3.24. The molecule has 3 rings (SSSR count). The van der Waals surface area contributed by atoms with Crippen LogP contribution in [0.15, 0.2) is 40.9 Å². The second-order valence-electron chi connectivity index (χ2n) is 8.22. The van der Waals surface area contributed by atoms with E-state index in [-0.39, 0.29) is 17.7 Å². The number of nitrogens with zero attached hydrogens (tertiary/aromatic N) is 3. The maximum absolute atomic E-state index is 13.2. The van der Waals surface area contributed by atoms with E-state index >= 15 is 0 Å². The van der Waals surface area contributed by atoms with E-state index in [2.05, 4.69) is 5.16 Å². The number of hydrogen-bond donors (Lipinski definition) is 0. The summed E-state index contributed by atoms with van der Waals surface area (Å²) >= 11 is 0. The number of hydrogen-bond acceptors (Lipinski definition) is 4. The highest BCUT2D eigenvalue weighted by Crippen LogP contribution is 2.36. The summed E-state index contributed by atoms with van der Waals surface area (Å²) in [4.78, 5) is 29.2. The topological polar surface area (TPSA) is 66.7 Å². The molecule has 1 unspecified atom stereocenters. The summed E-state index contributed by atoms with van der Waals surface area (Å²) in [6, 6.07) is 11.7. The molecule has 2 aromatic rings. The van der Waals surface area contributed by atoms with E-state index in [1.165, 1.54) is 0 Å². The van der Waals surface area contributed by atoms with E-state index in [1.807, 2.05) is 55.1 Å². The minimum atomic E-state index is -0.681. The minimum absolute atomic E-state index is 0.0337. The summed E-state index contributed by atoms with van der Waals surface area (Å²) in [5.74, 6) is 0.720. The fourth-order valence-electron chi connectivity index (χ4n) is 4.03. The lowest BCUT2D eigenvalue weighted by Crippen LogP contribution is -2.54. The molecule has 150 valence electrons. The van der Waals surface area contributed by atoms with Crippen LogP contribution in [0.3, 0.4) is 0 Å². The van der Waals surface area contributed by atoms with Crippen molar-refractivity contribution in [3.8, 4) is 11.3 Å². The standard InChI is InChI=1S/C22H29N3O3/c1-16(2)20(26)25-12-8-11-22(15-25,21(27)24(3)4)14-18-13-19(23-28-18)17-9-6-5-7-10-17/h5-7,9-10,13,16H,8,11-12,14-15H2,1-4H3. The van der Waals surface area contributed by atoms with Crippen LogP contribution in [0.5, 0.6) is 0 Å². The van der Waals surface area contributed by atoms with Crippen molar-refractivity contribution in [2.45, 2.75) is 33.1 Å². The van der Waals surface area contributed by atoms with Gasteiger partial charge in [0.15, 0.2) is 0 Å². The van der Waals surface area contributed by atoms with E-state index in [9.17, 15) is 9.59 Å². The molecule has 1 aromatic carbocycles. The Kier molecular flexibility index (Phi) is 5.87. The average molecular weight is 383 g/mol. The molecule has 28 heavy (non-hydrogen) atoms. The third kappa shape index (κ3) is 4.11. The monoisotopic (exact) mass is 383 g/mol. The largest absolute Gasteiger partial charge is 0.361 e. The van der Waals surface area contributed by atoms with Gasteiger partial charge in [-0.05, 0) is 12.8 Å². The van der Waals surface area contributed by atoms with E-state index < -0.39 is 5.41 Å². The van der Waals surface area contributed by atoms with Gasteiger partial charge in [-0.1, -0.05) is 49.3 Å². The zero-order valence-corrected chi connectivity index (χ0v) is 17.1. The van der Waals surface area contributed by atoms with Crippen LogP contribution >= 0.6 is 0 Å². The Morgan fingerprint density at radius 3 is 2.61 bits per heavy atom. The van der Waals surface area contributed by atoms with Crippen molar-refractivity contribution < 1.29 is 14.1 Å². The summed E-state index contributed by atoms with van der Waals surface area (Å²) < 4.78 is 5.60. The molecule has 6 nitrogen and oxygen atoms in total.